The van der Waals surface area contributed by atoms with Crippen LogP contribution < -0.4 is 5.32 Å². The lowest BCUT2D eigenvalue weighted by atomic mass is 9.94. The van der Waals surface area contributed by atoms with E-state index in [1.54, 1.807) is 6.21 Å². The lowest BCUT2D eigenvalue weighted by Gasteiger charge is -2.17. The molecule has 2 atom stereocenters. The van der Waals surface area contributed by atoms with E-state index in [4.69, 9.17) is 0 Å². The number of aliphatic carboxylic acids is 1. The van der Waals surface area contributed by atoms with E-state index in [2.05, 4.69) is 15.3 Å². The molecule has 1 amide bonds. The van der Waals surface area contributed by atoms with Crippen LogP contribution in [0.4, 0.5) is 0 Å². The van der Waals surface area contributed by atoms with E-state index >= 15 is 0 Å². The summed E-state index contributed by atoms with van der Waals surface area (Å²) in [6.45, 7) is 5.62. The topological polar surface area (TPSA) is 91.1 Å². The van der Waals surface area contributed by atoms with Crippen molar-refractivity contribution < 1.29 is 14.7 Å². The van der Waals surface area contributed by atoms with Gasteiger partial charge in [-0.05, 0) is 18.3 Å². The summed E-state index contributed by atoms with van der Waals surface area (Å²) in [5.74, 6) is -0.997. The molecule has 19 heavy (non-hydrogen) atoms. The van der Waals surface area contributed by atoms with Crippen LogP contribution in [-0.2, 0) is 9.59 Å². The molecule has 2 aliphatic heterocycles. The Balaban J connectivity index is 2.43. The van der Waals surface area contributed by atoms with E-state index in [1.807, 2.05) is 20.8 Å². The Labute approximate surface area is 111 Å². The van der Waals surface area contributed by atoms with Crippen molar-refractivity contribution in [2.24, 2.45) is 21.8 Å². The predicted octanol–water partition coefficient (Wildman–Crippen LogP) is 0.989. The van der Waals surface area contributed by atoms with Crippen LogP contribution in [0.25, 0.3) is 0 Å². The third kappa shape index (κ3) is 2.43. The van der Waals surface area contributed by atoms with Crippen LogP contribution in [0.5, 0.6) is 0 Å². The van der Waals surface area contributed by atoms with Gasteiger partial charge in [0.15, 0.2) is 5.84 Å². The van der Waals surface area contributed by atoms with Crippen LogP contribution >= 0.6 is 0 Å². The Kier molecular flexibility index (Phi) is 3.50. The molecule has 0 saturated carbocycles. The normalized spacial score (nSPS) is 26.7. The maximum atomic E-state index is 11.8. The Bertz CT molecular complexity index is 517. The highest BCUT2D eigenvalue weighted by Gasteiger charge is 2.34. The predicted molar refractivity (Wildman–Crippen MR) is 71.1 cm³/mol. The molecule has 0 aromatic heterocycles. The summed E-state index contributed by atoms with van der Waals surface area (Å²) in [4.78, 5) is 31.5. The summed E-state index contributed by atoms with van der Waals surface area (Å²) in [7, 11) is 0. The van der Waals surface area contributed by atoms with Crippen molar-refractivity contribution in [3.63, 3.8) is 0 Å². The first-order chi connectivity index (χ1) is 8.91. The number of carboxylic acids is 1. The quantitative estimate of drug-likeness (QED) is 0.795. The molecule has 0 radical (unpaired) electrons. The van der Waals surface area contributed by atoms with Crippen LogP contribution in [-0.4, -0.2) is 35.1 Å². The van der Waals surface area contributed by atoms with E-state index in [0.29, 0.717) is 6.42 Å². The van der Waals surface area contributed by atoms with Crippen molar-refractivity contribution in [2.45, 2.75) is 33.2 Å². The summed E-state index contributed by atoms with van der Waals surface area (Å²) in [6, 6.07) is -0.468. The highest BCUT2D eigenvalue weighted by atomic mass is 16.4. The number of nitrogens with one attached hydrogen (secondary N) is 1. The molecule has 2 unspecified atom stereocenters. The van der Waals surface area contributed by atoms with Crippen LogP contribution in [0.3, 0.4) is 0 Å². The number of amidine groups is 1. The van der Waals surface area contributed by atoms with E-state index in [-0.39, 0.29) is 34.8 Å². The van der Waals surface area contributed by atoms with Gasteiger partial charge in [0.05, 0.1) is 5.57 Å². The molecule has 2 N–H and O–H groups in total. The maximum absolute atomic E-state index is 11.8. The number of hydrogen-bond donors (Lipinski definition) is 2. The van der Waals surface area contributed by atoms with Gasteiger partial charge in [-0.3, -0.25) is 14.8 Å². The highest BCUT2D eigenvalue weighted by molar-refractivity contribution is 6.16. The fourth-order valence-corrected chi connectivity index (χ4v) is 2.22. The number of carbonyl (C=O) groups excluding carboxylic acids is 1. The molecule has 0 aromatic rings. The molecule has 0 saturated heterocycles. The number of aliphatic imine (C=N–C) groups is 2. The van der Waals surface area contributed by atoms with Gasteiger partial charge >= 0.3 is 5.97 Å². The first-order valence-corrected chi connectivity index (χ1v) is 6.30. The second-order valence-electron chi connectivity index (χ2n) is 5.17. The van der Waals surface area contributed by atoms with Gasteiger partial charge < -0.3 is 10.4 Å². The Morgan fingerprint density at radius 2 is 2.21 bits per heavy atom. The lowest BCUT2D eigenvalue weighted by Crippen LogP contribution is -2.33. The summed E-state index contributed by atoms with van der Waals surface area (Å²) >= 11 is 0. The van der Waals surface area contributed by atoms with Gasteiger partial charge in [-0.2, -0.15) is 0 Å². The van der Waals surface area contributed by atoms with Crippen LogP contribution in [0.1, 0.15) is 27.2 Å². The van der Waals surface area contributed by atoms with Crippen molar-refractivity contribution in [1.82, 2.24) is 5.32 Å². The molecule has 6 nitrogen and oxygen atoms in total. The van der Waals surface area contributed by atoms with Gasteiger partial charge in [-0.1, -0.05) is 20.8 Å². The number of carboxylic acid groups (broad SMARTS) is 1. The zero-order chi connectivity index (χ0) is 14.2. The number of amides is 1. The zero-order valence-electron chi connectivity index (χ0n) is 11.2. The summed E-state index contributed by atoms with van der Waals surface area (Å²) in [5, 5.41) is 11.9. The van der Waals surface area contributed by atoms with E-state index in [0.717, 1.165) is 0 Å². The monoisotopic (exact) mass is 263 g/mol. The minimum atomic E-state index is -1.01. The fraction of sp³-hybridized carbons (Fsp3) is 0.538. The summed E-state index contributed by atoms with van der Waals surface area (Å²) < 4.78 is 0. The fourth-order valence-electron chi connectivity index (χ4n) is 2.22. The van der Waals surface area contributed by atoms with E-state index in [1.165, 1.54) is 0 Å². The smallest absolute Gasteiger partial charge is 0.334 e. The first-order valence-electron chi connectivity index (χ1n) is 6.30. The third-order valence-electron chi connectivity index (χ3n) is 3.29. The molecule has 0 spiro atoms. The molecule has 2 heterocycles. The molecular formula is C13H17N3O3. The number of rotatable bonds is 3. The van der Waals surface area contributed by atoms with Crippen molar-refractivity contribution in [3.8, 4) is 0 Å². The standard InChI is InChI=1S/C13H17N3O3/c1-6(2)9-12(17)16-11(15-9)10-8(13(18)19)7(3)4-5-14-10/h5-7,9H,4H2,1-3H3,(H,18,19)(H,15,16,17). The Hall–Kier alpha value is -1.98. The largest absolute Gasteiger partial charge is 0.478 e. The SMILES string of the molecule is CC1CC=NC(C2=NC(C(C)C)C(=O)N2)=C1C(=O)O. The summed E-state index contributed by atoms with van der Waals surface area (Å²) in [6.07, 6.45) is 2.25. The van der Waals surface area contributed by atoms with Crippen molar-refractivity contribution >= 4 is 23.9 Å². The highest BCUT2D eigenvalue weighted by Crippen LogP contribution is 2.26. The van der Waals surface area contributed by atoms with Gasteiger partial charge in [0, 0.05) is 6.21 Å². The minimum Gasteiger partial charge on any atom is -0.478 e. The molecular weight excluding hydrogens is 246 g/mol. The maximum Gasteiger partial charge on any atom is 0.334 e. The second-order valence-corrected chi connectivity index (χ2v) is 5.17. The molecule has 2 aliphatic rings. The number of nitrogens with zero attached hydrogens (tertiary/aromatic N) is 2. The third-order valence-corrected chi connectivity index (χ3v) is 3.29. The zero-order valence-corrected chi connectivity index (χ0v) is 11.2. The Morgan fingerprint density at radius 1 is 1.53 bits per heavy atom. The van der Waals surface area contributed by atoms with Crippen LogP contribution in [0.15, 0.2) is 21.3 Å². The lowest BCUT2D eigenvalue weighted by molar-refractivity contribution is -0.133. The van der Waals surface area contributed by atoms with E-state index < -0.39 is 12.0 Å². The Morgan fingerprint density at radius 3 is 2.74 bits per heavy atom. The number of carbonyl (C=O) groups is 2. The van der Waals surface area contributed by atoms with E-state index in [9.17, 15) is 14.7 Å². The molecule has 0 bridgehead atoms. The minimum absolute atomic E-state index is 0.0661. The van der Waals surface area contributed by atoms with Gasteiger partial charge in [-0.15, -0.1) is 0 Å². The van der Waals surface area contributed by atoms with Gasteiger partial charge in [0.2, 0.25) is 0 Å². The average Bonchev–Trinajstić information content (AvgIpc) is 2.70. The van der Waals surface area contributed by atoms with Crippen LogP contribution in [0, 0.1) is 11.8 Å². The molecule has 2 rings (SSSR count). The van der Waals surface area contributed by atoms with Crippen LogP contribution in [0.2, 0.25) is 0 Å². The molecule has 6 heteroatoms. The molecule has 0 aliphatic carbocycles. The van der Waals surface area contributed by atoms with Crippen molar-refractivity contribution in [2.75, 3.05) is 0 Å². The summed E-state index contributed by atoms with van der Waals surface area (Å²) in [5.41, 5.74) is 0.494. The molecule has 0 fully saturated rings. The average molecular weight is 263 g/mol. The van der Waals surface area contributed by atoms with Gasteiger partial charge in [0.1, 0.15) is 11.7 Å². The molecule has 0 aromatic carbocycles. The van der Waals surface area contributed by atoms with Crippen molar-refractivity contribution in [1.29, 1.82) is 0 Å². The van der Waals surface area contributed by atoms with Gasteiger partial charge in [0.25, 0.3) is 5.91 Å². The first kappa shape index (κ1) is 13.5. The van der Waals surface area contributed by atoms with Crippen molar-refractivity contribution in [3.05, 3.63) is 11.3 Å². The van der Waals surface area contributed by atoms with Gasteiger partial charge in [-0.25, -0.2) is 4.79 Å². The second kappa shape index (κ2) is 4.95. The number of hydrogen-bond acceptors (Lipinski definition) is 4. The molecule has 102 valence electrons.